The zero-order valence-electron chi connectivity index (χ0n) is 11.0. The zero-order valence-corrected chi connectivity index (χ0v) is 11.8. The van der Waals surface area contributed by atoms with Gasteiger partial charge in [-0.25, -0.2) is 0 Å². The number of halogens is 1. The van der Waals surface area contributed by atoms with Crippen LogP contribution in [-0.4, -0.2) is 0 Å². The van der Waals surface area contributed by atoms with Crippen LogP contribution in [0.5, 0.6) is 0 Å². The van der Waals surface area contributed by atoms with Crippen LogP contribution in [0.25, 0.3) is 0 Å². The number of aryl methyl sites for hydroxylation is 3. The van der Waals surface area contributed by atoms with Crippen molar-refractivity contribution in [3.8, 4) is 0 Å². The lowest BCUT2D eigenvalue weighted by molar-refractivity contribution is 1.09. The van der Waals surface area contributed by atoms with E-state index in [1.807, 2.05) is 19.1 Å². The third kappa shape index (κ3) is 2.85. The molecule has 0 saturated heterocycles. The van der Waals surface area contributed by atoms with Crippen molar-refractivity contribution in [2.24, 2.45) is 0 Å². The van der Waals surface area contributed by atoms with Gasteiger partial charge in [0.1, 0.15) is 0 Å². The van der Waals surface area contributed by atoms with E-state index in [4.69, 9.17) is 11.6 Å². The van der Waals surface area contributed by atoms with Gasteiger partial charge in [0.2, 0.25) is 0 Å². The number of anilines is 1. The van der Waals surface area contributed by atoms with Crippen LogP contribution in [0.15, 0.2) is 36.4 Å². The van der Waals surface area contributed by atoms with Crippen molar-refractivity contribution in [3.63, 3.8) is 0 Å². The summed E-state index contributed by atoms with van der Waals surface area (Å²) in [6.45, 7) is 7.13. The summed E-state index contributed by atoms with van der Waals surface area (Å²) < 4.78 is 0. The Labute approximate surface area is 114 Å². The van der Waals surface area contributed by atoms with Crippen LogP contribution in [0.4, 0.5) is 5.69 Å². The van der Waals surface area contributed by atoms with Crippen LogP contribution in [0.3, 0.4) is 0 Å². The maximum absolute atomic E-state index is 6.12. The predicted octanol–water partition coefficient (Wildman–Crippen LogP) is 4.88. The molecular weight excluding hydrogens is 242 g/mol. The van der Waals surface area contributed by atoms with Gasteiger partial charge >= 0.3 is 0 Å². The Bertz CT molecular complexity index is 541. The predicted molar refractivity (Wildman–Crippen MR) is 79.4 cm³/mol. The number of benzene rings is 2. The van der Waals surface area contributed by atoms with Crippen molar-refractivity contribution >= 4 is 17.3 Å². The Morgan fingerprint density at radius 3 is 2.22 bits per heavy atom. The average molecular weight is 260 g/mol. The first kappa shape index (κ1) is 13.0. The van der Waals surface area contributed by atoms with E-state index in [0.29, 0.717) is 0 Å². The van der Waals surface area contributed by atoms with E-state index in [-0.39, 0.29) is 0 Å². The first-order valence-electron chi connectivity index (χ1n) is 6.13. The van der Waals surface area contributed by atoms with Crippen molar-refractivity contribution in [2.75, 3.05) is 5.32 Å². The molecule has 1 N–H and O–H groups in total. The Morgan fingerprint density at radius 1 is 0.944 bits per heavy atom. The molecule has 0 fully saturated rings. The molecule has 0 heterocycles. The zero-order chi connectivity index (χ0) is 13.1. The normalized spacial score (nSPS) is 10.4. The number of hydrogen-bond donors (Lipinski definition) is 1. The Balaban J connectivity index is 2.14. The fourth-order valence-corrected chi connectivity index (χ4v) is 2.20. The Kier molecular flexibility index (Phi) is 3.93. The molecule has 94 valence electrons. The standard InChI is InChI=1S/C16H18ClN/c1-11-5-4-6-12(2)15(11)10-18-14-8-7-13(3)16(17)9-14/h4-9,18H,10H2,1-3H3. The monoisotopic (exact) mass is 259 g/mol. The van der Waals surface area contributed by atoms with E-state index in [1.165, 1.54) is 16.7 Å². The maximum atomic E-state index is 6.12. The summed E-state index contributed by atoms with van der Waals surface area (Å²) in [6, 6.07) is 12.5. The molecular formula is C16H18ClN. The van der Waals surface area contributed by atoms with Gasteiger partial charge in [0.15, 0.2) is 0 Å². The highest BCUT2D eigenvalue weighted by Crippen LogP contribution is 2.21. The molecule has 2 rings (SSSR count). The second-order valence-electron chi connectivity index (χ2n) is 4.69. The summed E-state index contributed by atoms with van der Waals surface area (Å²) in [5.41, 5.74) is 6.16. The topological polar surface area (TPSA) is 12.0 Å². The highest BCUT2D eigenvalue weighted by Gasteiger charge is 2.02. The summed E-state index contributed by atoms with van der Waals surface area (Å²) in [5, 5.41) is 4.23. The molecule has 18 heavy (non-hydrogen) atoms. The van der Waals surface area contributed by atoms with Crippen molar-refractivity contribution in [1.82, 2.24) is 0 Å². The van der Waals surface area contributed by atoms with E-state index in [9.17, 15) is 0 Å². The molecule has 0 radical (unpaired) electrons. The van der Waals surface area contributed by atoms with Gasteiger partial charge in [-0.3, -0.25) is 0 Å². The molecule has 0 aromatic heterocycles. The fraction of sp³-hybridized carbons (Fsp3) is 0.250. The second-order valence-corrected chi connectivity index (χ2v) is 5.10. The summed E-state index contributed by atoms with van der Waals surface area (Å²) in [7, 11) is 0. The van der Waals surface area contributed by atoms with Crippen LogP contribution in [0.2, 0.25) is 5.02 Å². The molecule has 2 heteroatoms. The van der Waals surface area contributed by atoms with Crippen LogP contribution in [0.1, 0.15) is 22.3 Å². The first-order chi connectivity index (χ1) is 8.58. The first-order valence-corrected chi connectivity index (χ1v) is 6.51. The molecule has 2 aromatic rings. The van der Waals surface area contributed by atoms with Crippen molar-refractivity contribution in [1.29, 1.82) is 0 Å². The third-order valence-corrected chi connectivity index (χ3v) is 3.69. The van der Waals surface area contributed by atoms with E-state index in [1.54, 1.807) is 0 Å². The molecule has 0 aliphatic heterocycles. The summed E-state index contributed by atoms with van der Waals surface area (Å²) in [6.07, 6.45) is 0. The minimum absolute atomic E-state index is 0.807. The molecule has 0 atom stereocenters. The summed E-state index contributed by atoms with van der Waals surface area (Å²) >= 11 is 6.12. The van der Waals surface area contributed by atoms with Crippen LogP contribution in [0, 0.1) is 20.8 Å². The SMILES string of the molecule is Cc1ccc(NCc2c(C)cccc2C)cc1Cl. The van der Waals surface area contributed by atoms with Crippen LogP contribution < -0.4 is 5.32 Å². The molecule has 0 aliphatic rings. The minimum Gasteiger partial charge on any atom is -0.381 e. The Hall–Kier alpha value is -1.47. The second kappa shape index (κ2) is 5.45. The molecule has 0 unspecified atom stereocenters. The smallest absolute Gasteiger partial charge is 0.0455 e. The maximum Gasteiger partial charge on any atom is 0.0455 e. The number of rotatable bonds is 3. The van der Waals surface area contributed by atoms with Gasteiger partial charge < -0.3 is 5.32 Å². The molecule has 0 amide bonds. The van der Waals surface area contributed by atoms with Crippen molar-refractivity contribution < 1.29 is 0 Å². The van der Waals surface area contributed by atoms with Crippen LogP contribution in [-0.2, 0) is 6.54 Å². The Morgan fingerprint density at radius 2 is 1.61 bits per heavy atom. The van der Waals surface area contributed by atoms with Gasteiger partial charge in [0.05, 0.1) is 0 Å². The highest BCUT2D eigenvalue weighted by molar-refractivity contribution is 6.31. The van der Waals surface area contributed by atoms with E-state index in [0.717, 1.165) is 22.8 Å². The van der Waals surface area contributed by atoms with Gasteiger partial charge in [-0.05, 0) is 55.2 Å². The molecule has 2 aromatic carbocycles. The van der Waals surface area contributed by atoms with Gasteiger partial charge in [0, 0.05) is 17.3 Å². The van der Waals surface area contributed by atoms with Crippen molar-refractivity contribution in [2.45, 2.75) is 27.3 Å². The lowest BCUT2D eigenvalue weighted by atomic mass is 10.0. The molecule has 0 aliphatic carbocycles. The lowest BCUT2D eigenvalue weighted by Crippen LogP contribution is -2.03. The number of nitrogens with one attached hydrogen (secondary N) is 1. The van der Waals surface area contributed by atoms with Crippen molar-refractivity contribution in [3.05, 3.63) is 63.7 Å². The van der Waals surface area contributed by atoms with E-state index in [2.05, 4.69) is 43.4 Å². The van der Waals surface area contributed by atoms with Gasteiger partial charge in [-0.2, -0.15) is 0 Å². The van der Waals surface area contributed by atoms with E-state index >= 15 is 0 Å². The number of hydrogen-bond acceptors (Lipinski definition) is 1. The lowest BCUT2D eigenvalue weighted by Gasteiger charge is -2.12. The van der Waals surface area contributed by atoms with Gasteiger partial charge in [-0.1, -0.05) is 35.9 Å². The molecule has 0 saturated carbocycles. The van der Waals surface area contributed by atoms with Crippen LogP contribution >= 0.6 is 11.6 Å². The average Bonchev–Trinajstić information content (AvgIpc) is 2.33. The largest absolute Gasteiger partial charge is 0.381 e. The summed E-state index contributed by atoms with van der Waals surface area (Å²) in [4.78, 5) is 0. The quantitative estimate of drug-likeness (QED) is 0.829. The van der Waals surface area contributed by atoms with Gasteiger partial charge in [-0.15, -0.1) is 0 Å². The third-order valence-electron chi connectivity index (χ3n) is 3.29. The summed E-state index contributed by atoms with van der Waals surface area (Å²) in [5.74, 6) is 0. The fourth-order valence-electron chi connectivity index (χ4n) is 2.02. The molecule has 0 spiro atoms. The van der Waals surface area contributed by atoms with E-state index < -0.39 is 0 Å². The molecule has 1 nitrogen and oxygen atoms in total. The van der Waals surface area contributed by atoms with Gasteiger partial charge in [0.25, 0.3) is 0 Å². The highest BCUT2D eigenvalue weighted by atomic mass is 35.5. The minimum atomic E-state index is 0.807. The molecule has 0 bridgehead atoms.